The molecule has 2 aromatic rings. The van der Waals surface area contributed by atoms with Gasteiger partial charge in [-0.2, -0.15) is 0 Å². The summed E-state index contributed by atoms with van der Waals surface area (Å²) in [5.41, 5.74) is 0.870. The molecule has 1 heterocycles. The van der Waals surface area contributed by atoms with Crippen LogP contribution in [-0.2, 0) is 4.74 Å². The molecule has 0 saturated heterocycles. The molecule has 0 fully saturated rings. The van der Waals surface area contributed by atoms with Crippen molar-refractivity contribution in [2.24, 2.45) is 4.99 Å². The molecule has 80 valence electrons. The zero-order valence-electron chi connectivity index (χ0n) is 8.61. The molecule has 2 aromatic carbocycles. The van der Waals surface area contributed by atoms with Crippen molar-refractivity contribution < 1.29 is 9.13 Å². The van der Waals surface area contributed by atoms with Gasteiger partial charge in [-0.15, -0.1) is 0 Å². The van der Waals surface area contributed by atoms with E-state index in [1.54, 1.807) is 12.1 Å². The SMILES string of the molecule is Fc1ccc(C2=NCCO2)c2ccccc12. The molecule has 0 radical (unpaired) electrons. The van der Waals surface area contributed by atoms with Crippen molar-refractivity contribution in [1.29, 1.82) is 0 Å². The monoisotopic (exact) mass is 215 g/mol. The molecule has 3 heteroatoms. The van der Waals surface area contributed by atoms with Crippen LogP contribution in [0.5, 0.6) is 0 Å². The number of benzene rings is 2. The van der Waals surface area contributed by atoms with Crippen molar-refractivity contribution in [3.63, 3.8) is 0 Å². The van der Waals surface area contributed by atoms with E-state index in [2.05, 4.69) is 4.99 Å². The van der Waals surface area contributed by atoms with Crippen molar-refractivity contribution in [1.82, 2.24) is 0 Å². The van der Waals surface area contributed by atoms with Crippen LogP contribution in [0.15, 0.2) is 41.4 Å². The molecule has 0 unspecified atom stereocenters. The number of halogens is 1. The Bertz CT molecular complexity index is 577. The Kier molecular flexibility index (Phi) is 2.10. The molecule has 0 aromatic heterocycles. The fourth-order valence-electron chi connectivity index (χ4n) is 1.95. The Morgan fingerprint density at radius 1 is 1.06 bits per heavy atom. The Hall–Kier alpha value is -1.90. The van der Waals surface area contributed by atoms with Gasteiger partial charge in [0, 0.05) is 10.9 Å². The van der Waals surface area contributed by atoms with E-state index in [0.29, 0.717) is 24.4 Å². The maximum Gasteiger partial charge on any atom is 0.216 e. The highest BCUT2D eigenvalue weighted by Crippen LogP contribution is 2.23. The minimum absolute atomic E-state index is 0.210. The van der Waals surface area contributed by atoms with E-state index in [4.69, 9.17) is 4.74 Å². The molecule has 0 N–H and O–H groups in total. The first-order chi connectivity index (χ1) is 7.86. The summed E-state index contributed by atoms with van der Waals surface area (Å²) in [6, 6.07) is 10.6. The van der Waals surface area contributed by atoms with Crippen LogP contribution < -0.4 is 0 Å². The molecule has 0 bridgehead atoms. The second-order valence-electron chi connectivity index (χ2n) is 3.68. The summed E-state index contributed by atoms with van der Waals surface area (Å²) < 4.78 is 19.0. The minimum atomic E-state index is -0.210. The van der Waals surface area contributed by atoms with Gasteiger partial charge in [-0.25, -0.2) is 9.38 Å². The van der Waals surface area contributed by atoms with Gasteiger partial charge in [0.1, 0.15) is 12.4 Å². The lowest BCUT2D eigenvalue weighted by Crippen LogP contribution is -2.02. The third-order valence-electron chi connectivity index (χ3n) is 2.69. The van der Waals surface area contributed by atoms with Gasteiger partial charge in [0.05, 0.1) is 6.54 Å². The second-order valence-corrected chi connectivity index (χ2v) is 3.68. The van der Waals surface area contributed by atoms with Crippen molar-refractivity contribution in [3.8, 4) is 0 Å². The van der Waals surface area contributed by atoms with E-state index < -0.39 is 0 Å². The summed E-state index contributed by atoms with van der Waals surface area (Å²) in [5, 5.41) is 1.46. The zero-order chi connectivity index (χ0) is 11.0. The molecule has 0 aliphatic carbocycles. The third kappa shape index (κ3) is 1.36. The molecule has 1 aliphatic heterocycles. The summed E-state index contributed by atoms with van der Waals surface area (Å²) in [6.45, 7) is 1.29. The van der Waals surface area contributed by atoms with E-state index >= 15 is 0 Å². The van der Waals surface area contributed by atoms with Gasteiger partial charge < -0.3 is 4.74 Å². The maximum atomic E-state index is 13.6. The van der Waals surface area contributed by atoms with Gasteiger partial charge in [0.2, 0.25) is 5.90 Å². The summed E-state index contributed by atoms with van der Waals surface area (Å²) >= 11 is 0. The largest absolute Gasteiger partial charge is 0.475 e. The predicted octanol–water partition coefficient (Wildman–Crippen LogP) is 2.76. The first kappa shape index (κ1) is 9.33. The number of nitrogens with zero attached hydrogens (tertiary/aromatic N) is 1. The first-order valence-electron chi connectivity index (χ1n) is 5.21. The molecular formula is C13H10FNO. The van der Waals surface area contributed by atoms with Gasteiger partial charge in [-0.1, -0.05) is 24.3 Å². The highest BCUT2D eigenvalue weighted by molar-refractivity contribution is 6.07. The average Bonchev–Trinajstić information content (AvgIpc) is 2.83. The molecule has 1 aliphatic rings. The lowest BCUT2D eigenvalue weighted by molar-refractivity contribution is 0.348. The summed E-state index contributed by atoms with van der Waals surface area (Å²) in [5.74, 6) is 0.411. The standard InChI is InChI=1S/C13H10FNO/c14-12-6-5-11(13-15-7-8-16-13)9-3-1-2-4-10(9)12/h1-6H,7-8H2. The van der Waals surface area contributed by atoms with E-state index in [1.165, 1.54) is 6.07 Å². The van der Waals surface area contributed by atoms with E-state index in [-0.39, 0.29) is 5.82 Å². The van der Waals surface area contributed by atoms with Crippen LogP contribution >= 0.6 is 0 Å². The molecule has 0 amide bonds. The molecule has 0 atom stereocenters. The maximum absolute atomic E-state index is 13.6. The van der Waals surface area contributed by atoms with E-state index in [0.717, 1.165) is 10.9 Å². The number of hydrogen-bond acceptors (Lipinski definition) is 2. The van der Waals surface area contributed by atoms with Crippen LogP contribution in [-0.4, -0.2) is 19.0 Å². The van der Waals surface area contributed by atoms with Gasteiger partial charge in [-0.05, 0) is 17.5 Å². The second kappa shape index (κ2) is 3.59. The molecule has 2 nitrogen and oxygen atoms in total. The Labute approximate surface area is 92.4 Å². The molecular weight excluding hydrogens is 205 g/mol. The molecule has 16 heavy (non-hydrogen) atoms. The fraction of sp³-hybridized carbons (Fsp3) is 0.154. The number of ether oxygens (including phenoxy) is 1. The van der Waals surface area contributed by atoms with Gasteiger partial charge in [-0.3, -0.25) is 0 Å². The summed E-state index contributed by atoms with van der Waals surface area (Å²) in [7, 11) is 0. The van der Waals surface area contributed by atoms with Crippen LogP contribution in [0.25, 0.3) is 10.8 Å². The van der Waals surface area contributed by atoms with Gasteiger partial charge in [0.15, 0.2) is 0 Å². The lowest BCUT2D eigenvalue weighted by atomic mass is 10.0. The van der Waals surface area contributed by atoms with Crippen LogP contribution in [0.1, 0.15) is 5.56 Å². The first-order valence-corrected chi connectivity index (χ1v) is 5.21. The van der Waals surface area contributed by atoms with Crippen LogP contribution in [0, 0.1) is 5.82 Å². The van der Waals surface area contributed by atoms with Crippen molar-refractivity contribution in [2.75, 3.05) is 13.2 Å². The van der Waals surface area contributed by atoms with Gasteiger partial charge in [0.25, 0.3) is 0 Å². The smallest absolute Gasteiger partial charge is 0.216 e. The van der Waals surface area contributed by atoms with Crippen molar-refractivity contribution in [2.45, 2.75) is 0 Å². The van der Waals surface area contributed by atoms with Crippen molar-refractivity contribution in [3.05, 3.63) is 47.8 Å². The van der Waals surface area contributed by atoms with Crippen LogP contribution in [0.3, 0.4) is 0 Å². The predicted molar refractivity (Wildman–Crippen MR) is 61.3 cm³/mol. The summed E-state index contributed by atoms with van der Waals surface area (Å²) in [6.07, 6.45) is 0. The number of aliphatic imine (C=N–C) groups is 1. The normalized spacial score (nSPS) is 14.9. The molecule has 0 spiro atoms. The van der Waals surface area contributed by atoms with E-state index in [9.17, 15) is 4.39 Å². The topological polar surface area (TPSA) is 21.6 Å². The van der Waals surface area contributed by atoms with Crippen LogP contribution in [0.4, 0.5) is 4.39 Å². The van der Waals surface area contributed by atoms with Crippen molar-refractivity contribution >= 4 is 16.7 Å². The molecule has 3 rings (SSSR count). The Morgan fingerprint density at radius 2 is 1.88 bits per heavy atom. The highest BCUT2D eigenvalue weighted by atomic mass is 19.1. The third-order valence-corrected chi connectivity index (χ3v) is 2.69. The van der Waals surface area contributed by atoms with Crippen LogP contribution in [0.2, 0.25) is 0 Å². The fourth-order valence-corrected chi connectivity index (χ4v) is 1.95. The minimum Gasteiger partial charge on any atom is -0.475 e. The lowest BCUT2D eigenvalue weighted by Gasteiger charge is -2.06. The number of rotatable bonds is 1. The van der Waals surface area contributed by atoms with E-state index in [1.807, 2.05) is 18.2 Å². The summed E-state index contributed by atoms with van der Waals surface area (Å²) in [4.78, 5) is 4.26. The Balaban J connectivity index is 2.29. The molecule has 0 saturated carbocycles. The average molecular weight is 215 g/mol. The van der Waals surface area contributed by atoms with Gasteiger partial charge >= 0.3 is 0 Å². The highest BCUT2D eigenvalue weighted by Gasteiger charge is 2.14. The number of hydrogen-bond donors (Lipinski definition) is 0. The number of fused-ring (bicyclic) bond motifs is 1. The zero-order valence-corrected chi connectivity index (χ0v) is 8.61. The Morgan fingerprint density at radius 3 is 2.62 bits per heavy atom. The quantitative estimate of drug-likeness (QED) is 0.716.